The third-order valence-corrected chi connectivity index (χ3v) is 4.10. The van der Waals surface area contributed by atoms with E-state index in [1.54, 1.807) is 21.3 Å². The summed E-state index contributed by atoms with van der Waals surface area (Å²) >= 11 is 0. The van der Waals surface area contributed by atoms with Gasteiger partial charge in [-0.15, -0.1) is 0 Å². The quantitative estimate of drug-likeness (QED) is 0.634. The van der Waals surface area contributed by atoms with Crippen molar-refractivity contribution >= 4 is 20.5 Å². The Balaban J connectivity index is 2.05. The number of benzene rings is 1. The van der Waals surface area contributed by atoms with E-state index in [0.717, 1.165) is 43.4 Å². The number of nitrogens with zero attached hydrogens (tertiary/aromatic N) is 1. The third-order valence-electron chi connectivity index (χ3n) is 4.10. The van der Waals surface area contributed by atoms with Crippen LogP contribution in [-0.4, -0.2) is 50.5 Å². The molecule has 0 aromatic heterocycles. The molecule has 0 amide bonds. The van der Waals surface area contributed by atoms with E-state index in [1.807, 2.05) is 0 Å². The Morgan fingerprint density at radius 1 is 1.48 bits per heavy atom. The van der Waals surface area contributed by atoms with Crippen molar-refractivity contribution < 1.29 is 14.6 Å². The summed E-state index contributed by atoms with van der Waals surface area (Å²) in [6.45, 7) is 3.25. The van der Waals surface area contributed by atoms with E-state index < -0.39 is 0 Å². The molecule has 1 aliphatic heterocycles. The number of carbonyl (C=O) groups excluding carboxylic acids is 1. The number of rotatable bonds is 6. The highest BCUT2D eigenvalue weighted by atomic mass is 16.5. The zero-order valence-electron chi connectivity index (χ0n) is 12.8. The van der Waals surface area contributed by atoms with Crippen molar-refractivity contribution in [3.05, 3.63) is 29.3 Å². The molecule has 1 fully saturated rings. The van der Waals surface area contributed by atoms with Crippen LogP contribution in [0.5, 0.6) is 5.75 Å². The Kier molecular flexibility index (Phi) is 5.88. The fourth-order valence-corrected chi connectivity index (χ4v) is 2.97. The minimum atomic E-state index is -0.369. The van der Waals surface area contributed by atoms with Crippen LogP contribution in [0.4, 0.5) is 0 Å². The molecule has 4 nitrogen and oxygen atoms in total. The van der Waals surface area contributed by atoms with Gasteiger partial charge in [0.15, 0.2) is 0 Å². The number of piperidine rings is 1. The zero-order chi connectivity index (χ0) is 15.2. The van der Waals surface area contributed by atoms with Gasteiger partial charge in [0, 0.05) is 0 Å². The van der Waals surface area contributed by atoms with Crippen LogP contribution in [0.15, 0.2) is 18.2 Å². The maximum absolute atomic E-state index is 10.5. The number of hydrogen-bond acceptors (Lipinski definition) is 4. The van der Waals surface area contributed by atoms with Crippen LogP contribution in [0.2, 0.25) is 6.82 Å². The molecule has 21 heavy (non-hydrogen) atoms. The number of carbonyl (C=O) groups is 1. The van der Waals surface area contributed by atoms with Gasteiger partial charge in [-0.2, -0.15) is 0 Å². The molecule has 111 valence electrons. The molecular formula is C15H22B2NO3. The van der Waals surface area contributed by atoms with Gasteiger partial charge in [-0.05, 0) is 55.4 Å². The van der Waals surface area contributed by atoms with Gasteiger partial charge in [0.2, 0.25) is 0 Å². The van der Waals surface area contributed by atoms with Crippen LogP contribution in [0, 0.1) is 0 Å². The van der Waals surface area contributed by atoms with Gasteiger partial charge in [0.05, 0.1) is 13.3 Å². The first-order chi connectivity index (χ1) is 10.1. The molecule has 1 radical (unpaired) electrons. The summed E-state index contributed by atoms with van der Waals surface area (Å²) in [6, 6.07) is 6.30. The second-order valence-electron chi connectivity index (χ2n) is 5.72. The molecular weight excluding hydrogens is 264 g/mol. The zero-order valence-corrected chi connectivity index (χ0v) is 12.8. The minimum Gasteiger partial charge on any atom is -0.496 e. The lowest BCUT2D eigenvalue weighted by atomic mass is 9.66. The van der Waals surface area contributed by atoms with Crippen molar-refractivity contribution in [1.29, 1.82) is 0 Å². The van der Waals surface area contributed by atoms with E-state index in [2.05, 4.69) is 23.0 Å². The van der Waals surface area contributed by atoms with Crippen molar-refractivity contribution in [2.45, 2.75) is 31.9 Å². The predicted octanol–water partition coefficient (Wildman–Crippen LogP) is 1.38. The van der Waals surface area contributed by atoms with E-state index in [9.17, 15) is 9.82 Å². The first-order valence-electron chi connectivity index (χ1n) is 7.51. The number of ether oxygens (including phenoxy) is 1. The standard InChI is InChI=1S/C15H22B2NO3/c1-17(20)10-14-4-3-13(9-15(14)21-2)12-5-7-18(8-6-12)16-11-19/h3-4,9,11-12,20H,5-8,10H2,1-2H3. The van der Waals surface area contributed by atoms with E-state index >= 15 is 0 Å². The molecule has 0 spiro atoms. The lowest BCUT2D eigenvalue weighted by Gasteiger charge is -2.31. The first kappa shape index (κ1) is 16.1. The number of hydrogen-bond donors (Lipinski definition) is 1. The molecule has 0 saturated carbocycles. The maximum atomic E-state index is 10.5. The SMILES string of the molecule is COc1cc(C2CCN([B]C=O)CC2)ccc1CB(C)O. The van der Waals surface area contributed by atoms with Crippen LogP contribution in [-0.2, 0) is 11.1 Å². The van der Waals surface area contributed by atoms with Gasteiger partial charge < -0.3 is 19.4 Å². The summed E-state index contributed by atoms with van der Waals surface area (Å²) in [5.74, 6) is 1.37. The summed E-state index contributed by atoms with van der Waals surface area (Å²) in [6.07, 6.45) is 3.55. The topological polar surface area (TPSA) is 49.8 Å². The van der Waals surface area contributed by atoms with Gasteiger partial charge in [0.25, 0.3) is 14.3 Å². The van der Waals surface area contributed by atoms with Crippen molar-refractivity contribution in [2.75, 3.05) is 20.2 Å². The maximum Gasteiger partial charge on any atom is 0.293 e. The van der Waals surface area contributed by atoms with Crippen LogP contribution in [0.1, 0.15) is 29.9 Å². The van der Waals surface area contributed by atoms with Gasteiger partial charge in [-0.1, -0.05) is 19.0 Å². The summed E-state index contributed by atoms with van der Waals surface area (Å²) in [5, 5.41) is 9.53. The van der Waals surface area contributed by atoms with Gasteiger partial charge >= 0.3 is 0 Å². The summed E-state index contributed by atoms with van der Waals surface area (Å²) < 4.78 is 5.46. The molecule has 0 unspecified atom stereocenters. The van der Waals surface area contributed by atoms with Gasteiger partial charge in [-0.3, -0.25) is 0 Å². The molecule has 1 aromatic carbocycles. The van der Waals surface area contributed by atoms with Crippen molar-refractivity contribution in [1.82, 2.24) is 4.81 Å². The monoisotopic (exact) mass is 286 g/mol. The fraction of sp³-hybridized carbons (Fsp3) is 0.533. The van der Waals surface area contributed by atoms with Crippen LogP contribution < -0.4 is 4.74 Å². The molecule has 2 rings (SSSR count). The lowest BCUT2D eigenvalue weighted by Crippen LogP contribution is -2.36. The highest BCUT2D eigenvalue weighted by Gasteiger charge is 2.21. The summed E-state index contributed by atoms with van der Waals surface area (Å²) in [4.78, 5) is 12.6. The largest absolute Gasteiger partial charge is 0.496 e. The van der Waals surface area contributed by atoms with E-state index in [4.69, 9.17) is 4.74 Å². The van der Waals surface area contributed by atoms with Crippen molar-refractivity contribution in [3.63, 3.8) is 0 Å². The van der Waals surface area contributed by atoms with Crippen molar-refractivity contribution in [2.24, 2.45) is 0 Å². The average Bonchev–Trinajstić information content (AvgIpc) is 2.48. The van der Waals surface area contributed by atoms with Crippen LogP contribution >= 0.6 is 0 Å². The Hall–Kier alpha value is -1.26. The highest BCUT2D eigenvalue weighted by Crippen LogP contribution is 2.31. The van der Waals surface area contributed by atoms with Crippen molar-refractivity contribution in [3.8, 4) is 5.75 Å². The summed E-state index contributed by atoms with van der Waals surface area (Å²) in [7, 11) is 3.30. The fourth-order valence-electron chi connectivity index (χ4n) is 2.97. The minimum absolute atomic E-state index is 0.369. The Morgan fingerprint density at radius 3 is 2.76 bits per heavy atom. The van der Waals surface area contributed by atoms with E-state index in [-0.39, 0.29) is 6.92 Å². The average molecular weight is 286 g/mol. The molecule has 1 aromatic rings. The van der Waals surface area contributed by atoms with Crippen LogP contribution in [0.25, 0.3) is 0 Å². The van der Waals surface area contributed by atoms with Crippen LogP contribution in [0.3, 0.4) is 0 Å². The molecule has 1 heterocycles. The molecule has 1 saturated heterocycles. The highest BCUT2D eigenvalue weighted by molar-refractivity contribution is 6.64. The second-order valence-corrected chi connectivity index (χ2v) is 5.72. The first-order valence-corrected chi connectivity index (χ1v) is 7.51. The normalized spacial score (nSPS) is 16.5. The Labute approximate surface area is 127 Å². The van der Waals surface area contributed by atoms with E-state index in [0.29, 0.717) is 12.2 Å². The van der Waals surface area contributed by atoms with E-state index in [1.165, 1.54) is 5.56 Å². The molecule has 6 heteroatoms. The molecule has 1 N–H and O–H groups in total. The van der Waals surface area contributed by atoms with Gasteiger partial charge in [0.1, 0.15) is 5.75 Å². The molecule has 1 aliphatic rings. The molecule has 0 bridgehead atoms. The second kappa shape index (κ2) is 7.66. The smallest absolute Gasteiger partial charge is 0.293 e. The lowest BCUT2D eigenvalue weighted by molar-refractivity contribution is 0.330. The van der Waals surface area contributed by atoms with Gasteiger partial charge in [-0.25, -0.2) is 0 Å². The summed E-state index contributed by atoms with van der Waals surface area (Å²) in [5.41, 5.74) is 2.33. The third kappa shape index (κ3) is 4.35. The molecule has 0 atom stereocenters. The Morgan fingerprint density at radius 2 is 2.19 bits per heavy atom. The Bertz CT molecular complexity index is 474. The number of methoxy groups -OCH3 is 1. The predicted molar refractivity (Wildman–Crippen MR) is 86.6 cm³/mol. The molecule has 0 aliphatic carbocycles.